The molecular weight excluding hydrogens is 385 g/mol. The second kappa shape index (κ2) is 9.58. The number of nitrogens with one attached hydrogen (secondary N) is 1. The van der Waals surface area contributed by atoms with Crippen molar-refractivity contribution in [2.45, 2.75) is 39.5 Å². The molecule has 0 radical (unpaired) electrons. The van der Waals surface area contributed by atoms with Gasteiger partial charge in [0, 0.05) is 28.7 Å². The lowest BCUT2D eigenvalue weighted by Gasteiger charge is -2.13. The van der Waals surface area contributed by atoms with Gasteiger partial charge in [0.25, 0.3) is 0 Å². The Bertz CT molecular complexity index is 884. The highest BCUT2D eigenvalue weighted by molar-refractivity contribution is 6.30. The molecule has 27 heavy (non-hydrogen) atoms. The molecule has 8 heteroatoms. The first-order chi connectivity index (χ1) is 13.2. The van der Waals surface area contributed by atoms with Crippen molar-refractivity contribution in [2.24, 2.45) is 0 Å². The number of benzene rings is 2. The molecule has 6 nitrogen and oxygen atoms in total. The highest BCUT2D eigenvalue weighted by Crippen LogP contribution is 2.25. The number of unbranched alkanes of at least 4 members (excludes halogenated alkanes) is 1. The second-order valence-electron chi connectivity index (χ2n) is 6.10. The van der Waals surface area contributed by atoms with Gasteiger partial charge < -0.3 is 10.1 Å². The van der Waals surface area contributed by atoms with E-state index in [2.05, 4.69) is 27.8 Å². The average Bonchev–Trinajstić information content (AvgIpc) is 3.11. The Kier molecular flexibility index (Phi) is 6.90. The van der Waals surface area contributed by atoms with Crippen molar-refractivity contribution in [3.8, 4) is 5.75 Å². The molecule has 0 amide bonds. The van der Waals surface area contributed by atoms with Crippen molar-refractivity contribution in [3.05, 3.63) is 63.6 Å². The van der Waals surface area contributed by atoms with Crippen LogP contribution in [0.5, 0.6) is 5.75 Å². The van der Waals surface area contributed by atoms with E-state index in [-0.39, 0.29) is 0 Å². The van der Waals surface area contributed by atoms with Crippen LogP contribution in [0.3, 0.4) is 0 Å². The van der Waals surface area contributed by atoms with Crippen molar-refractivity contribution < 1.29 is 4.74 Å². The largest absolute Gasteiger partial charge is 0.489 e. The van der Waals surface area contributed by atoms with Gasteiger partial charge in [0.05, 0.1) is 0 Å². The Morgan fingerprint density at radius 1 is 1.11 bits per heavy atom. The highest BCUT2D eigenvalue weighted by atomic mass is 35.5. The zero-order valence-electron chi connectivity index (χ0n) is 15.0. The first-order valence-electron chi connectivity index (χ1n) is 8.81. The van der Waals surface area contributed by atoms with Gasteiger partial charge in [0.1, 0.15) is 12.4 Å². The molecular formula is C19H21Cl2N5O. The third-order valence-electron chi connectivity index (χ3n) is 4.00. The van der Waals surface area contributed by atoms with Gasteiger partial charge in [-0.25, -0.2) is 4.68 Å². The van der Waals surface area contributed by atoms with E-state index in [1.54, 1.807) is 4.68 Å². The van der Waals surface area contributed by atoms with E-state index in [0.29, 0.717) is 29.1 Å². The number of hydrogen-bond donors (Lipinski definition) is 1. The fourth-order valence-corrected chi connectivity index (χ4v) is 2.99. The Hall–Kier alpha value is -2.31. The Balaban J connectivity index is 1.68. The van der Waals surface area contributed by atoms with Crippen LogP contribution in [0.4, 0.5) is 5.95 Å². The van der Waals surface area contributed by atoms with Crippen LogP contribution in [-0.2, 0) is 19.7 Å². The van der Waals surface area contributed by atoms with Crippen LogP contribution in [0.2, 0.25) is 10.0 Å². The topological polar surface area (TPSA) is 64.9 Å². The van der Waals surface area contributed by atoms with Crippen molar-refractivity contribution in [2.75, 3.05) is 5.32 Å². The molecule has 3 aromatic rings. The predicted octanol–water partition coefficient (Wildman–Crippen LogP) is 4.97. The molecule has 0 aliphatic carbocycles. The third-order valence-corrected chi connectivity index (χ3v) is 4.47. The van der Waals surface area contributed by atoms with Crippen LogP contribution in [0.25, 0.3) is 0 Å². The minimum atomic E-state index is 0.420. The van der Waals surface area contributed by atoms with Crippen LogP contribution in [0.1, 0.15) is 30.9 Å². The lowest BCUT2D eigenvalue weighted by Crippen LogP contribution is -2.10. The molecule has 0 fully saturated rings. The van der Waals surface area contributed by atoms with Crippen molar-refractivity contribution in [1.29, 1.82) is 0 Å². The molecule has 0 aliphatic rings. The number of halogens is 2. The summed E-state index contributed by atoms with van der Waals surface area (Å²) >= 11 is 12.2. The number of rotatable bonds is 9. The highest BCUT2D eigenvalue weighted by Gasteiger charge is 2.09. The lowest BCUT2D eigenvalue weighted by atomic mass is 10.2. The van der Waals surface area contributed by atoms with E-state index in [0.717, 1.165) is 36.3 Å². The molecule has 2 aromatic carbocycles. The van der Waals surface area contributed by atoms with E-state index in [1.807, 2.05) is 42.5 Å². The molecule has 3 rings (SSSR count). The Morgan fingerprint density at radius 2 is 1.96 bits per heavy atom. The summed E-state index contributed by atoms with van der Waals surface area (Å²) in [5, 5.41) is 16.4. The summed E-state index contributed by atoms with van der Waals surface area (Å²) in [6.07, 6.45) is 2.10. The maximum Gasteiger partial charge on any atom is 0.243 e. The first kappa shape index (κ1) is 19.5. The first-order valence-corrected chi connectivity index (χ1v) is 9.57. The van der Waals surface area contributed by atoms with Crippen molar-refractivity contribution in [3.63, 3.8) is 0 Å². The summed E-state index contributed by atoms with van der Waals surface area (Å²) in [5.74, 6) is 1.38. The summed E-state index contributed by atoms with van der Waals surface area (Å²) in [5.41, 5.74) is 1.93. The monoisotopic (exact) mass is 405 g/mol. The van der Waals surface area contributed by atoms with Crippen LogP contribution in [-0.4, -0.2) is 20.2 Å². The Morgan fingerprint density at radius 3 is 2.78 bits per heavy atom. The van der Waals surface area contributed by atoms with E-state index >= 15 is 0 Å². The molecule has 0 atom stereocenters. The second-order valence-corrected chi connectivity index (χ2v) is 6.98. The van der Waals surface area contributed by atoms with E-state index < -0.39 is 0 Å². The Labute approximate surface area is 168 Å². The zero-order chi connectivity index (χ0) is 19.1. The van der Waals surface area contributed by atoms with E-state index in [1.165, 1.54) is 0 Å². The predicted molar refractivity (Wildman–Crippen MR) is 107 cm³/mol. The molecule has 1 N–H and O–H groups in total. The fraction of sp³-hybridized carbons (Fsp3) is 0.316. The molecule has 1 aromatic heterocycles. The van der Waals surface area contributed by atoms with Gasteiger partial charge in [0.15, 0.2) is 0 Å². The van der Waals surface area contributed by atoms with Crippen LogP contribution in [0, 0.1) is 0 Å². The molecule has 1 heterocycles. The maximum atomic E-state index is 6.17. The number of aryl methyl sites for hydroxylation is 1. The quantitative estimate of drug-likeness (QED) is 0.544. The summed E-state index contributed by atoms with van der Waals surface area (Å²) in [6.45, 7) is 3.83. The number of nitrogens with zero attached hydrogens (tertiary/aromatic N) is 4. The molecule has 0 bridgehead atoms. The standard InChI is InChI=1S/C19H21Cl2N5O/c1-2-3-9-26-19(23-24-25-26)22-12-15-11-17(21)7-8-18(15)27-13-14-5-4-6-16(20)10-14/h4-8,10-11H,2-3,9,12-13H2,1H3,(H,22,23,25). The number of anilines is 1. The fourth-order valence-electron chi connectivity index (χ4n) is 2.58. The summed E-state index contributed by atoms with van der Waals surface area (Å²) < 4.78 is 7.75. The van der Waals surface area contributed by atoms with Gasteiger partial charge >= 0.3 is 0 Å². The van der Waals surface area contributed by atoms with Gasteiger partial charge in [-0.3, -0.25) is 0 Å². The zero-order valence-corrected chi connectivity index (χ0v) is 16.5. The van der Waals surface area contributed by atoms with E-state index in [4.69, 9.17) is 27.9 Å². The molecule has 0 spiro atoms. The van der Waals surface area contributed by atoms with Crippen LogP contribution < -0.4 is 10.1 Å². The van der Waals surface area contributed by atoms with E-state index in [9.17, 15) is 0 Å². The number of ether oxygens (including phenoxy) is 1. The number of tetrazole rings is 1. The van der Waals surface area contributed by atoms with Crippen LogP contribution >= 0.6 is 23.2 Å². The maximum absolute atomic E-state index is 6.17. The number of hydrogen-bond acceptors (Lipinski definition) is 5. The average molecular weight is 406 g/mol. The van der Waals surface area contributed by atoms with Gasteiger partial charge in [-0.15, -0.1) is 0 Å². The molecule has 142 valence electrons. The smallest absolute Gasteiger partial charge is 0.243 e. The summed E-state index contributed by atoms with van der Waals surface area (Å²) in [7, 11) is 0. The normalized spacial score (nSPS) is 10.8. The molecule has 0 saturated carbocycles. The van der Waals surface area contributed by atoms with Gasteiger partial charge in [-0.2, -0.15) is 0 Å². The summed E-state index contributed by atoms with van der Waals surface area (Å²) in [4.78, 5) is 0. The lowest BCUT2D eigenvalue weighted by molar-refractivity contribution is 0.303. The van der Waals surface area contributed by atoms with Crippen molar-refractivity contribution >= 4 is 29.2 Å². The van der Waals surface area contributed by atoms with Crippen LogP contribution in [0.15, 0.2) is 42.5 Å². The van der Waals surface area contributed by atoms with Crippen molar-refractivity contribution in [1.82, 2.24) is 20.2 Å². The minimum Gasteiger partial charge on any atom is -0.489 e. The molecule has 0 unspecified atom stereocenters. The van der Waals surface area contributed by atoms with Gasteiger partial charge in [0.2, 0.25) is 5.95 Å². The van der Waals surface area contributed by atoms with Gasteiger partial charge in [-0.1, -0.05) is 53.8 Å². The number of aromatic nitrogens is 4. The minimum absolute atomic E-state index is 0.420. The molecule has 0 aliphatic heterocycles. The SMILES string of the molecule is CCCCn1nnnc1NCc1cc(Cl)ccc1OCc1cccc(Cl)c1. The summed E-state index contributed by atoms with van der Waals surface area (Å²) in [6, 6.07) is 13.2. The third kappa shape index (κ3) is 5.58. The van der Waals surface area contributed by atoms with Gasteiger partial charge in [-0.05, 0) is 52.7 Å². The molecule has 0 saturated heterocycles.